The number of hydrogen-bond donors (Lipinski definition) is 1. The fourth-order valence-electron chi connectivity index (χ4n) is 2.02. The highest BCUT2D eigenvalue weighted by atomic mass is 16.5. The Hall–Kier alpha value is -2.29. The Morgan fingerprint density at radius 2 is 1.79 bits per heavy atom. The number of rotatable bonds is 3. The molecule has 0 aromatic heterocycles. The van der Waals surface area contributed by atoms with Gasteiger partial charge in [-0.15, -0.1) is 0 Å². The van der Waals surface area contributed by atoms with Gasteiger partial charge in [-0.25, -0.2) is 0 Å². The van der Waals surface area contributed by atoms with Crippen LogP contribution in [-0.2, 0) is 0 Å². The van der Waals surface area contributed by atoms with Gasteiger partial charge in [0, 0.05) is 17.3 Å². The van der Waals surface area contributed by atoms with Gasteiger partial charge in [0.2, 0.25) is 0 Å². The first-order valence-electron chi connectivity index (χ1n) is 6.08. The zero-order valence-electron chi connectivity index (χ0n) is 11.4. The molecular formula is C16H17NO2. The van der Waals surface area contributed by atoms with E-state index in [1.165, 1.54) is 7.11 Å². The van der Waals surface area contributed by atoms with E-state index in [4.69, 9.17) is 10.5 Å². The van der Waals surface area contributed by atoms with E-state index in [1.807, 2.05) is 32.0 Å². The lowest BCUT2D eigenvalue weighted by Gasteiger charge is -2.10. The number of methoxy groups -OCH3 is 1. The van der Waals surface area contributed by atoms with Crippen molar-refractivity contribution in [3.63, 3.8) is 0 Å². The molecule has 0 atom stereocenters. The molecule has 98 valence electrons. The van der Waals surface area contributed by atoms with Gasteiger partial charge in [-0.05, 0) is 37.6 Å². The predicted molar refractivity (Wildman–Crippen MR) is 76.8 cm³/mol. The largest absolute Gasteiger partial charge is 0.496 e. The van der Waals surface area contributed by atoms with Crippen molar-refractivity contribution in [2.45, 2.75) is 13.8 Å². The predicted octanol–water partition coefficient (Wildman–Crippen LogP) is 3.13. The summed E-state index contributed by atoms with van der Waals surface area (Å²) in [6.45, 7) is 3.90. The summed E-state index contributed by atoms with van der Waals surface area (Å²) in [5.41, 5.74) is 9.52. The maximum atomic E-state index is 12.6. The third-order valence-corrected chi connectivity index (χ3v) is 3.11. The van der Waals surface area contributed by atoms with Crippen LogP contribution in [0.1, 0.15) is 27.0 Å². The first kappa shape index (κ1) is 13.1. The van der Waals surface area contributed by atoms with Gasteiger partial charge < -0.3 is 10.5 Å². The smallest absolute Gasteiger partial charge is 0.197 e. The Balaban J connectivity index is 2.53. The molecule has 3 nitrogen and oxygen atoms in total. The van der Waals surface area contributed by atoms with Crippen molar-refractivity contribution in [1.29, 1.82) is 0 Å². The van der Waals surface area contributed by atoms with Crippen molar-refractivity contribution >= 4 is 11.5 Å². The summed E-state index contributed by atoms with van der Waals surface area (Å²) in [5.74, 6) is 0.462. The fourth-order valence-corrected chi connectivity index (χ4v) is 2.02. The van der Waals surface area contributed by atoms with Crippen LogP contribution in [0.5, 0.6) is 5.75 Å². The van der Waals surface area contributed by atoms with Crippen molar-refractivity contribution < 1.29 is 9.53 Å². The molecule has 0 amide bonds. The first-order chi connectivity index (χ1) is 9.02. The van der Waals surface area contributed by atoms with Crippen molar-refractivity contribution in [1.82, 2.24) is 0 Å². The lowest BCUT2D eigenvalue weighted by molar-refractivity contribution is 0.103. The molecule has 0 aliphatic heterocycles. The van der Waals surface area contributed by atoms with Crippen LogP contribution in [0.25, 0.3) is 0 Å². The third-order valence-electron chi connectivity index (χ3n) is 3.11. The molecule has 0 radical (unpaired) electrons. The molecular weight excluding hydrogens is 238 g/mol. The van der Waals surface area contributed by atoms with Crippen LogP contribution in [0.2, 0.25) is 0 Å². The van der Waals surface area contributed by atoms with Crippen LogP contribution in [0, 0.1) is 13.8 Å². The van der Waals surface area contributed by atoms with Gasteiger partial charge in [-0.2, -0.15) is 0 Å². The zero-order chi connectivity index (χ0) is 14.0. The van der Waals surface area contributed by atoms with E-state index < -0.39 is 0 Å². The average Bonchev–Trinajstić information content (AvgIpc) is 2.40. The molecule has 3 heteroatoms. The molecule has 0 saturated heterocycles. The fraction of sp³-hybridized carbons (Fsp3) is 0.188. The second-order valence-corrected chi connectivity index (χ2v) is 4.61. The number of ketones is 1. The average molecular weight is 255 g/mol. The maximum Gasteiger partial charge on any atom is 0.197 e. The van der Waals surface area contributed by atoms with Gasteiger partial charge in [0.25, 0.3) is 0 Å². The highest BCUT2D eigenvalue weighted by molar-refractivity contribution is 6.11. The van der Waals surface area contributed by atoms with Crippen LogP contribution in [0.15, 0.2) is 36.4 Å². The molecule has 0 bridgehead atoms. The van der Waals surface area contributed by atoms with Gasteiger partial charge >= 0.3 is 0 Å². The second-order valence-electron chi connectivity index (χ2n) is 4.61. The quantitative estimate of drug-likeness (QED) is 0.677. The SMILES string of the molecule is COc1cc(N)ccc1C(=O)c1cc(C)ccc1C. The molecule has 0 unspecified atom stereocenters. The van der Waals surface area contributed by atoms with E-state index in [0.717, 1.165) is 11.1 Å². The molecule has 2 aromatic rings. The highest BCUT2D eigenvalue weighted by Crippen LogP contribution is 2.25. The molecule has 2 aromatic carbocycles. The number of benzene rings is 2. The molecule has 0 spiro atoms. The molecule has 2 N–H and O–H groups in total. The number of nitrogens with two attached hydrogens (primary N) is 1. The normalized spacial score (nSPS) is 10.3. The summed E-state index contributed by atoms with van der Waals surface area (Å²) < 4.78 is 5.24. The van der Waals surface area contributed by atoms with Crippen molar-refractivity contribution in [2.75, 3.05) is 12.8 Å². The molecule has 0 heterocycles. The van der Waals surface area contributed by atoms with Crippen LogP contribution in [0.4, 0.5) is 5.69 Å². The van der Waals surface area contributed by atoms with Gasteiger partial charge in [-0.3, -0.25) is 4.79 Å². The van der Waals surface area contributed by atoms with Crippen molar-refractivity contribution in [3.05, 3.63) is 58.7 Å². The minimum absolute atomic E-state index is 0.0435. The number of carbonyl (C=O) groups is 1. The Kier molecular flexibility index (Phi) is 3.56. The van der Waals surface area contributed by atoms with E-state index in [2.05, 4.69) is 0 Å². The van der Waals surface area contributed by atoms with E-state index in [0.29, 0.717) is 22.6 Å². The summed E-state index contributed by atoms with van der Waals surface area (Å²) in [7, 11) is 1.54. The minimum atomic E-state index is -0.0435. The third kappa shape index (κ3) is 2.60. The minimum Gasteiger partial charge on any atom is -0.496 e. The van der Waals surface area contributed by atoms with E-state index in [1.54, 1.807) is 18.2 Å². The summed E-state index contributed by atoms with van der Waals surface area (Å²) in [6, 6.07) is 10.9. The summed E-state index contributed by atoms with van der Waals surface area (Å²) >= 11 is 0. The standard InChI is InChI=1S/C16H17NO2/c1-10-4-5-11(2)14(8-10)16(18)13-7-6-12(17)9-15(13)19-3/h4-9H,17H2,1-3H3. The van der Waals surface area contributed by atoms with Crippen LogP contribution < -0.4 is 10.5 Å². The number of ether oxygens (including phenoxy) is 1. The second kappa shape index (κ2) is 5.14. The zero-order valence-corrected chi connectivity index (χ0v) is 11.4. The molecule has 0 aliphatic carbocycles. The molecule has 0 saturated carbocycles. The van der Waals surface area contributed by atoms with Crippen LogP contribution in [0.3, 0.4) is 0 Å². The Morgan fingerprint density at radius 1 is 1.05 bits per heavy atom. The highest BCUT2D eigenvalue weighted by Gasteiger charge is 2.16. The number of nitrogen functional groups attached to an aromatic ring is 1. The summed E-state index contributed by atoms with van der Waals surface area (Å²) in [5, 5.41) is 0. The molecule has 0 aliphatic rings. The Labute approximate surface area is 113 Å². The number of aryl methyl sites for hydroxylation is 2. The van der Waals surface area contributed by atoms with Gasteiger partial charge in [0.05, 0.1) is 12.7 Å². The Bertz CT molecular complexity index is 633. The van der Waals surface area contributed by atoms with Gasteiger partial charge in [0.15, 0.2) is 5.78 Å². The van der Waals surface area contributed by atoms with Crippen LogP contribution in [-0.4, -0.2) is 12.9 Å². The summed E-state index contributed by atoms with van der Waals surface area (Å²) in [6.07, 6.45) is 0. The lowest BCUT2D eigenvalue weighted by Crippen LogP contribution is -2.06. The molecule has 0 fully saturated rings. The first-order valence-corrected chi connectivity index (χ1v) is 6.08. The summed E-state index contributed by atoms with van der Waals surface area (Å²) in [4.78, 5) is 12.6. The molecule has 2 rings (SSSR count). The molecule has 19 heavy (non-hydrogen) atoms. The monoisotopic (exact) mass is 255 g/mol. The Morgan fingerprint density at radius 3 is 2.47 bits per heavy atom. The maximum absolute atomic E-state index is 12.6. The number of carbonyl (C=O) groups excluding carboxylic acids is 1. The van der Waals surface area contributed by atoms with Crippen LogP contribution >= 0.6 is 0 Å². The number of anilines is 1. The number of hydrogen-bond acceptors (Lipinski definition) is 3. The van der Waals surface area contributed by atoms with Crippen molar-refractivity contribution in [2.24, 2.45) is 0 Å². The lowest BCUT2D eigenvalue weighted by atomic mass is 9.96. The van der Waals surface area contributed by atoms with Gasteiger partial charge in [0.1, 0.15) is 5.75 Å². The van der Waals surface area contributed by atoms with E-state index in [9.17, 15) is 4.79 Å². The van der Waals surface area contributed by atoms with E-state index >= 15 is 0 Å². The van der Waals surface area contributed by atoms with E-state index in [-0.39, 0.29) is 5.78 Å². The van der Waals surface area contributed by atoms with Gasteiger partial charge in [-0.1, -0.05) is 17.7 Å². The topological polar surface area (TPSA) is 52.3 Å². The van der Waals surface area contributed by atoms with Crippen molar-refractivity contribution in [3.8, 4) is 5.75 Å².